The first-order valence-electron chi connectivity index (χ1n) is 7.94. The van der Waals surface area contributed by atoms with Gasteiger partial charge in [0.2, 0.25) is 0 Å². The summed E-state index contributed by atoms with van der Waals surface area (Å²) in [6.45, 7) is 0. The zero-order valence-corrected chi connectivity index (χ0v) is 20.6. The topological polar surface area (TPSA) is 146 Å². The Morgan fingerprint density at radius 1 is 0.636 bits per heavy atom. The smallest absolute Gasteiger partial charge is 0.870 e. The number of ether oxygens (including phenoxy) is 3. The molecule has 174 valence electrons. The summed E-state index contributed by atoms with van der Waals surface area (Å²) in [6.07, 6.45) is 0. The Kier molecular flexibility index (Phi) is 15.1. The Bertz CT molecular complexity index is 998. The minimum atomic E-state index is -1.17. The molecule has 0 saturated heterocycles. The van der Waals surface area contributed by atoms with E-state index in [2.05, 4.69) is 14.2 Å². The minimum Gasteiger partial charge on any atom is -0.870 e. The third kappa shape index (κ3) is 8.72. The van der Waals surface area contributed by atoms with Crippen LogP contribution in [0.25, 0.3) is 0 Å². The van der Waals surface area contributed by atoms with E-state index in [0.717, 1.165) is 12.1 Å². The van der Waals surface area contributed by atoms with Crippen LogP contribution in [0.2, 0.25) is 20.1 Å². The molecule has 0 saturated carbocycles. The maximum Gasteiger partial charge on any atom is 1.00 e. The fraction of sp³-hybridized carbons (Fsp3) is 0.158. The first kappa shape index (κ1) is 33.2. The van der Waals surface area contributed by atoms with E-state index >= 15 is 0 Å². The molecule has 0 spiro atoms. The van der Waals surface area contributed by atoms with Crippen LogP contribution in [0.3, 0.4) is 0 Å². The van der Waals surface area contributed by atoms with Gasteiger partial charge in [0, 0.05) is 0 Å². The van der Waals surface area contributed by atoms with Crippen molar-refractivity contribution in [3.05, 3.63) is 66.6 Å². The average Bonchev–Trinajstić information content (AvgIpc) is 2.71. The number of hydrogen-bond acceptors (Lipinski definition) is 8. The number of carboxylic acids is 1. The fourth-order valence-corrected chi connectivity index (χ4v) is 3.38. The molecule has 14 heteroatoms. The van der Waals surface area contributed by atoms with Crippen molar-refractivity contribution in [3.8, 4) is 0 Å². The molecule has 2 aromatic rings. The number of rotatable bonds is 4. The Morgan fingerprint density at radius 3 is 1.15 bits per heavy atom. The number of hydrogen-bond donors (Lipinski definition) is 1. The van der Waals surface area contributed by atoms with Crippen molar-refractivity contribution >= 4 is 70.3 Å². The molecule has 0 amide bonds. The molecule has 0 aliphatic rings. The molecule has 0 aliphatic heterocycles. The van der Waals surface area contributed by atoms with Gasteiger partial charge in [0.05, 0.1) is 63.7 Å². The van der Waals surface area contributed by atoms with Crippen molar-refractivity contribution in [1.29, 1.82) is 0 Å². The Labute approximate surface area is 220 Å². The Morgan fingerprint density at radius 2 is 0.909 bits per heavy atom. The molecule has 33 heavy (non-hydrogen) atoms. The molecule has 2 aromatic carbocycles. The second-order valence-corrected chi connectivity index (χ2v) is 7.04. The Balaban J connectivity index is 0. The van der Waals surface area contributed by atoms with Gasteiger partial charge in [0.25, 0.3) is 0 Å². The van der Waals surface area contributed by atoms with E-state index in [9.17, 15) is 19.2 Å². The second kappa shape index (κ2) is 15.0. The molecule has 0 fully saturated rings. The van der Waals surface area contributed by atoms with Gasteiger partial charge in [0.1, 0.15) is 0 Å². The number of carbonyl (C=O) groups excluding carboxylic acids is 3. The summed E-state index contributed by atoms with van der Waals surface area (Å²) < 4.78 is 13.4. The van der Waals surface area contributed by atoms with Crippen molar-refractivity contribution in [1.82, 2.24) is 0 Å². The largest absolute Gasteiger partial charge is 1.00 e. The molecular formula is C19H15Cl4LiO9. The Hall–Kier alpha value is -1.96. The standard InChI is InChI=1S/C10H8Cl2O4.C9H6Cl2O4.Li.H2O/c1-15-9(13)5-3-6(11)8(7(12)4-5)10(14)16-2;1-15-9(14)7-5(10)2-4(8(12)13)3-6(7)11;;/h3-4H,1-2H3;2-3H,1H3,(H,12,13);;1H2/q;;+1;/p-1. The molecule has 2 rings (SSSR count). The number of carboxylic acid groups (broad SMARTS) is 1. The predicted molar refractivity (Wildman–Crippen MR) is 116 cm³/mol. The van der Waals surface area contributed by atoms with Crippen molar-refractivity contribution in [3.63, 3.8) is 0 Å². The van der Waals surface area contributed by atoms with Gasteiger partial charge in [-0.2, -0.15) is 0 Å². The van der Waals surface area contributed by atoms with Crippen LogP contribution in [0, 0.1) is 0 Å². The van der Waals surface area contributed by atoms with Gasteiger partial charge in [-0.15, -0.1) is 0 Å². The van der Waals surface area contributed by atoms with Gasteiger partial charge in [-0.25, -0.2) is 19.2 Å². The third-order valence-electron chi connectivity index (χ3n) is 3.53. The van der Waals surface area contributed by atoms with Gasteiger partial charge in [-0.3, -0.25) is 0 Å². The average molecular weight is 536 g/mol. The summed E-state index contributed by atoms with van der Waals surface area (Å²) in [7, 11) is 3.63. The normalized spacial score (nSPS) is 9.18. The number of esters is 3. The van der Waals surface area contributed by atoms with Gasteiger partial charge in [-0.1, -0.05) is 46.4 Å². The minimum absolute atomic E-state index is 0. The monoisotopic (exact) mass is 534 g/mol. The van der Waals surface area contributed by atoms with E-state index in [1.807, 2.05) is 0 Å². The second-order valence-electron chi connectivity index (χ2n) is 5.41. The van der Waals surface area contributed by atoms with Crippen LogP contribution in [0.4, 0.5) is 0 Å². The third-order valence-corrected chi connectivity index (χ3v) is 4.72. The molecule has 0 radical (unpaired) electrons. The van der Waals surface area contributed by atoms with Crippen molar-refractivity contribution < 1.29 is 62.8 Å². The van der Waals surface area contributed by atoms with Crippen LogP contribution in [-0.2, 0) is 14.2 Å². The molecule has 0 aromatic heterocycles. The summed E-state index contributed by atoms with van der Waals surface area (Å²) in [4.78, 5) is 44.3. The van der Waals surface area contributed by atoms with Crippen LogP contribution >= 0.6 is 46.4 Å². The van der Waals surface area contributed by atoms with Crippen molar-refractivity contribution in [2.75, 3.05) is 21.3 Å². The van der Waals surface area contributed by atoms with Crippen LogP contribution in [0.5, 0.6) is 0 Å². The molecule has 0 unspecified atom stereocenters. The van der Waals surface area contributed by atoms with Gasteiger partial charge in [-0.05, 0) is 24.3 Å². The van der Waals surface area contributed by atoms with E-state index in [-0.39, 0.29) is 66.7 Å². The zero-order chi connectivity index (χ0) is 23.9. The van der Waals surface area contributed by atoms with Crippen molar-refractivity contribution in [2.24, 2.45) is 0 Å². The zero-order valence-electron chi connectivity index (χ0n) is 17.6. The molecule has 0 aliphatic carbocycles. The van der Waals surface area contributed by atoms with Gasteiger partial charge < -0.3 is 24.8 Å². The molecule has 0 atom stereocenters. The molecule has 9 nitrogen and oxygen atoms in total. The maximum atomic E-state index is 11.3. The molecular weight excluding hydrogens is 521 g/mol. The van der Waals surface area contributed by atoms with Crippen LogP contribution in [0.15, 0.2) is 24.3 Å². The maximum absolute atomic E-state index is 11.3. The quantitative estimate of drug-likeness (QED) is 0.352. The van der Waals surface area contributed by atoms with Crippen LogP contribution < -0.4 is 18.9 Å². The summed E-state index contributed by atoms with van der Waals surface area (Å²) in [5, 5.41) is 8.67. The van der Waals surface area contributed by atoms with E-state index in [0.29, 0.717) is 0 Å². The molecule has 0 heterocycles. The first-order valence-corrected chi connectivity index (χ1v) is 9.45. The van der Waals surface area contributed by atoms with Gasteiger partial charge >= 0.3 is 42.7 Å². The predicted octanol–water partition coefficient (Wildman–Crippen LogP) is 1.87. The number of benzene rings is 2. The molecule has 0 bridgehead atoms. The van der Waals surface area contributed by atoms with E-state index in [4.69, 9.17) is 51.5 Å². The first-order chi connectivity index (χ1) is 14.5. The number of methoxy groups -OCH3 is 3. The van der Waals surface area contributed by atoms with E-state index in [1.54, 1.807) is 0 Å². The number of halogens is 4. The summed E-state index contributed by atoms with van der Waals surface area (Å²) in [5.41, 5.74) is 0.0760. The van der Waals surface area contributed by atoms with Crippen LogP contribution in [0.1, 0.15) is 41.4 Å². The van der Waals surface area contributed by atoms with Crippen molar-refractivity contribution in [2.45, 2.75) is 0 Å². The fourth-order valence-electron chi connectivity index (χ4n) is 2.10. The van der Waals surface area contributed by atoms with Gasteiger partial charge in [0.15, 0.2) is 0 Å². The number of carbonyl (C=O) groups is 4. The SMILES string of the molecule is COC(=O)c1c(Cl)cc(C(=O)O)cc1Cl.COC(=O)c1cc(Cl)c(C(=O)OC)c(Cl)c1.[Li+].[OH-]. The van der Waals surface area contributed by atoms with Crippen LogP contribution in [-0.4, -0.2) is 55.8 Å². The number of aromatic carboxylic acids is 1. The summed E-state index contributed by atoms with van der Waals surface area (Å²) in [5.74, 6) is -3.12. The summed E-state index contributed by atoms with van der Waals surface area (Å²) in [6, 6.07) is 4.88. The van der Waals surface area contributed by atoms with E-state index < -0.39 is 23.9 Å². The van der Waals surface area contributed by atoms with E-state index in [1.165, 1.54) is 33.5 Å². The summed E-state index contributed by atoms with van der Waals surface area (Å²) >= 11 is 23.0. The molecule has 2 N–H and O–H groups in total.